The van der Waals surface area contributed by atoms with Crippen LogP contribution in [0.4, 0.5) is 5.95 Å². The van der Waals surface area contributed by atoms with Crippen molar-refractivity contribution in [1.82, 2.24) is 15.3 Å². The van der Waals surface area contributed by atoms with Crippen LogP contribution >= 0.6 is 0 Å². The van der Waals surface area contributed by atoms with E-state index in [2.05, 4.69) is 47.5 Å². The predicted octanol–water partition coefficient (Wildman–Crippen LogP) is 4.94. The Bertz CT molecular complexity index is 1360. The first-order chi connectivity index (χ1) is 16.5. The van der Waals surface area contributed by atoms with Crippen molar-refractivity contribution >= 4 is 33.5 Å². The highest BCUT2D eigenvalue weighted by Crippen LogP contribution is 2.29. The number of benzene rings is 3. The second kappa shape index (κ2) is 9.29. The number of carbonyl (C=O) groups excluding carboxylic acids is 1. The van der Waals surface area contributed by atoms with Gasteiger partial charge in [0.15, 0.2) is 0 Å². The zero-order valence-electron chi connectivity index (χ0n) is 20.0. The molecule has 4 aromatic rings. The lowest BCUT2D eigenvalue weighted by atomic mass is 9.95. The molecule has 0 unspecified atom stereocenters. The van der Waals surface area contributed by atoms with Crippen molar-refractivity contribution in [3.05, 3.63) is 71.4 Å². The van der Waals surface area contributed by atoms with E-state index in [1.54, 1.807) is 7.11 Å². The summed E-state index contributed by atoms with van der Waals surface area (Å²) in [5.74, 6) is 1.64. The minimum atomic E-state index is -0.0129. The standard InChI is InChI=1S/C28H30N4O2/c1-18-8-10-22-19(2)30-28(31-25(22)16-18)32-14-12-21(13-15-32)27(33)29-17-24-23-7-5-4-6-20(23)9-11-26(24)34-3/h4-11,16,21H,12-15,17H2,1-3H3,(H,29,33). The summed E-state index contributed by atoms with van der Waals surface area (Å²) in [6.45, 7) is 6.11. The molecule has 1 aromatic heterocycles. The van der Waals surface area contributed by atoms with E-state index >= 15 is 0 Å². The molecule has 2 heterocycles. The lowest BCUT2D eigenvalue weighted by Crippen LogP contribution is -2.41. The molecule has 1 saturated heterocycles. The lowest BCUT2D eigenvalue weighted by Gasteiger charge is -2.31. The molecule has 1 fully saturated rings. The van der Waals surface area contributed by atoms with E-state index in [4.69, 9.17) is 14.7 Å². The molecular formula is C28H30N4O2. The fraction of sp³-hybridized carbons (Fsp3) is 0.321. The third kappa shape index (κ3) is 4.28. The third-order valence-corrected chi connectivity index (χ3v) is 6.84. The molecule has 1 N–H and O–H groups in total. The molecule has 1 amide bonds. The Hall–Kier alpha value is -3.67. The Morgan fingerprint density at radius 1 is 1.03 bits per heavy atom. The molecule has 0 spiro atoms. The van der Waals surface area contributed by atoms with Crippen molar-refractivity contribution in [3.8, 4) is 5.75 Å². The predicted molar refractivity (Wildman–Crippen MR) is 136 cm³/mol. The number of methoxy groups -OCH3 is 1. The number of amides is 1. The van der Waals surface area contributed by atoms with E-state index in [1.165, 1.54) is 5.56 Å². The number of fused-ring (bicyclic) bond motifs is 2. The highest BCUT2D eigenvalue weighted by molar-refractivity contribution is 5.88. The summed E-state index contributed by atoms with van der Waals surface area (Å²) in [5.41, 5.74) is 4.17. The molecule has 6 nitrogen and oxygen atoms in total. The summed E-state index contributed by atoms with van der Waals surface area (Å²) in [5, 5.41) is 6.50. The molecule has 0 bridgehead atoms. The van der Waals surface area contributed by atoms with Gasteiger partial charge in [0.2, 0.25) is 11.9 Å². The van der Waals surface area contributed by atoms with Crippen LogP contribution in [-0.2, 0) is 11.3 Å². The van der Waals surface area contributed by atoms with Gasteiger partial charge in [-0.25, -0.2) is 9.97 Å². The smallest absolute Gasteiger partial charge is 0.226 e. The Kier molecular flexibility index (Phi) is 6.05. The van der Waals surface area contributed by atoms with Crippen molar-refractivity contribution in [3.63, 3.8) is 0 Å². The van der Waals surface area contributed by atoms with E-state index in [-0.39, 0.29) is 11.8 Å². The zero-order chi connectivity index (χ0) is 23.7. The molecule has 6 heteroatoms. The van der Waals surface area contributed by atoms with Gasteiger partial charge >= 0.3 is 0 Å². The summed E-state index contributed by atoms with van der Waals surface area (Å²) >= 11 is 0. The van der Waals surface area contributed by atoms with Crippen LogP contribution in [0, 0.1) is 19.8 Å². The number of nitrogens with zero attached hydrogens (tertiary/aromatic N) is 3. The van der Waals surface area contributed by atoms with Crippen LogP contribution in [0.5, 0.6) is 5.75 Å². The number of ether oxygens (including phenoxy) is 1. The Labute approximate surface area is 200 Å². The minimum absolute atomic E-state index is 0.0129. The van der Waals surface area contributed by atoms with Crippen LogP contribution in [0.3, 0.4) is 0 Å². The van der Waals surface area contributed by atoms with Crippen LogP contribution < -0.4 is 15.0 Å². The second-order valence-corrected chi connectivity index (χ2v) is 9.08. The number of hydrogen-bond acceptors (Lipinski definition) is 5. The third-order valence-electron chi connectivity index (χ3n) is 6.84. The van der Waals surface area contributed by atoms with Crippen molar-refractivity contribution in [1.29, 1.82) is 0 Å². The number of aryl methyl sites for hydroxylation is 2. The first kappa shape index (κ1) is 22.1. The number of piperidine rings is 1. The lowest BCUT2D eigenvalue weighted by molar-refractivity contribution is -0.125. The first-order valence-electron chi connectivity index (χ1n) is 11.9. The molecule has 0 aliphatic carbocycles. The number of aromatic nitrogens is 2. The van der Waals surface area contributed by atoms with Gasteiger partial charge in [-0.3, -0.25) is 4.79 Å². The molecule has 34 heavy (non-hydrogen) atoms. The zero-order valence-corrected chi connectivity index (χ0v) is 20.0. The van der Waals surface area contributed by atoms with Gasteiger partial charge < -0.3 is 15.0 Å². The number of rotatable bonds is 5. The summed E-state index contributed by atoms with van der Waals surface area (Å²) < 4.78 is 5.57. The van der Waals surface area contributed by atoms with Crippen molar-refractivity contribution in [2.45, 2.75) is 33.2 Å². The largest absolute Gasteiger partial charge is 0.496 e. The van der Waals surface area contributed by atoms with Crippen LogP contribution in [0.15, 0.2) is 54.6 Å². The minimum Gasteiger partial charge on any atom is -0.496 e. The summed E-state index contributed by atoms with van der Waals surface area (Å²) in [4.78, 5) is 24.8. The maximum absolute atomic E-state index is 13.0. The SMILES string of the molecule is COc1ccc2ccccc2c1CNC(=O)C1CCN(c2nc(C)c3ccc(C)cc3n2)CC1. The Balaban J connectivity index is 1.25. The summed E-state index contributed by atoms with van der Waals surface area (Å²) in [6, 6.07) is 18.5. The van der Waals surface area contributed by atoms with Crippen LogP contribution in [0.2, 0.25) is 0 Å². The molecule has 3 aromatic carbocycles. The van der Waals surface area contributed by atoms with Crippen LogP contribution in [0.25, 0.3) is 21.7 Å². The fourth-order valence-electron chi connectivity index (χ4n) is 4.88. The van der Waals surface area contributed by atoms with Gasteiger partial charge in [0.1, 0.15) is 5.75 Å². The highest BCUT2D eigenvalue weighted by Gasteiger charge is 2.26. The quantitative estimate of drug-likeness (QED) is 0.463. The summed E-state index contributed by atoms with van der Waals surface area (Å²) in [7, 11) is 1.67. The fourth-order valence-corrected chi connectivity index (χ4v) is 4.88. The molecular weight excluding hydrogens is 424 g/mol. The van der Waals surface area contributed by atoms with Crippen LogP contribution in [-0.4, -0.2) is 36.1 Å². The number of carbonyl (C=O) groups is 1. The van der Waals surface area contributed by atoms with Crippen molar-refractivity contribution in [2.24, 2.45) is 5.92 Å². The maximum Gasteiger partial charge on any atom is 0.226 e. The Morgan fingerprint density at radius 2 is 1.82 bits per heavy atom. The molecule has 0 atom stereocenters. The topological polar surface area (TPSA) is 67.3 Å². The molecule has 174 valence electrons. The monoisotopic (exact) mass is 454 g/mol. The van der Waals surface area contributed by atoms with E-state index < -0.39 is 0 Å². The second-order valence-electron chi connectivity index (χ2n) is 9.08. The first-order valence-corrected chi connectivity index (χ1v) is 11.9. The summed E-state index contributed by atoms with van der Waals surface area (Å²) in [6.07, 6.45) is 1.57. The highest BCUT2D eigenvalue weighted by atomic mass is 16.5. The normalized spacial score (nSPS) is 14.5. The molecule has 5 rings (SSSR count). The van der Waals surface area contributed by atoms with E-state index in [0.717, 1.165) is 70.6 Å². The van der Waals surface area contributed by atoms with Gasteiger partial charge in [0.25, 0.3) is 0 Å². The van der Waals surface area contributed by atoms with E-state index in [9.17, 15) is 4.79 Å². The average molecular weight is 455 g/mol. The number of hydrogen-bond donors (Lipinski definition) is 1. The van der Waals surface area contributed by atoms with Crippen molar-refractivity contribution < 1.29 is 9.53 Å². The molecule has 0 radical (unpaired) electrons. The van der Waals surface area contributed by atoms with E-state index in [0.29, 0.717) is 6.54 Å². The molecule has 1 aliphatic heterocycles. The van der Waals surface area contributed by atoms with Gasteiger partial charge in [-0.05, 0) is 55.2 Å². The van der Waals surface area contributed by atoms with Crippen molar-refractivity contribution in [2.75, 3.05) is 25.1 Å². The van der Waals surface area contributed by atoms with Gasteiger partial charge in [-0.15, -0.1) is 0 Å². The van der Waals surface area contributed by atoms with Gasteiger partial charge in [-0.1, -0.05) is 42.5 Å². The molecule has 0 saturated carbocycles. The number of nitrogens with one attached hydrogen (secondary N) is 1. The van der Waals surface area contributed by atoms with Gasteiger partial charge in [0.05, 0.1) is 18.3 Å². The van der Waals surface area contributed by atoms with Gasteiger partial charge in [-0.2, -0.15) is 0 Å². The molecule has 1 aliphatic rings. The maximum atomic E-state index is 13.0. The van der Waals surface area contributed by atoms with Gasteiger partial charge in [0, 0.05) is 36.5 Å². The average Bonchev–Trinajstić information content (AvgIpc) is 2.86. The number of anilines is 1. The Morgan fingerprint density at radius 3 is 2.62 bits per heavy atom. The van der Waals surface area contributed by atoms with Crippen LogP contribution in [0.1, 0.15) is 29.7 Å². The van der Waals surface area contributed by atoms with E-state index in [1.807, 2.05) is 31.2 Å².